The highest BCUT2D eigenvalue weighted by atomic mass is 16.1. The number of rotatable bonds is 4. The third-order valence-electron chi connectivity index (χ3n) is 5.03. The first-order valence-corrected chi connectivity index (χ1v) is 9.09. The van der Waals surface area contributed by atoms with E-state index in [2.05, 4.69) is 55.2 Å². The number of carbonyl (C=O) groups excluding carboxylic acids is 1. The Kier molecular flexibility index (Phi) is 4.84. The predicted molar refractivity (Wildman–Crippen MR) is 104 cm³/mol. The fourth-order valence-electron chi connectivity index (χ4n) is 3.67. The normalized spacial score (nSPS) is 18.0. The summed E-state index contributed by atoms with van der Waals surface area (Å²) in [5.41, 5.74) is 3.96. The van der Waals surface area contributed by atoms with E-state index in [9.17, 15) is 4.79 Å². The van der Waals surface area contributed by atoms with Crippen LogP contribution in [0.5, 0.6) is 0 Å². The highest BCUT2D eigenvalue weighted by Crippen LogP contribution is 2.32. The summed E-state index contributed by atoms with van der Waals surface area (Å²) in [5.74, 6) is 1.82. The predicted octanol–water partition coefficient (Wildman–Crippen LogP) is 4.06. The first-order valence-electron chi connectivity index (χ1n) is 9.09. The molecule has 1 aliphatic heterocycles. The smallest absolute Gasteiger partial charge is 0.247 e. The average molecular weight is 340 g/mol. The maximum Gasteiger partial charge on any atom is 0.247 e. The number of benzene rings is 1. The van der Waals surface area contributed by atoms with Gasteiger partial charge >= 0.3 is 0 Å². The van der Waals surface area contributed by atoms with Crippen molar-refractivity contribution in [1.29, 1.82) is 0 Å². The number of fused-ring (bicyclic) bond motifs is 1. The molecule has 0 saturated carbocycles. The molecule has 3 rings (SSSR count). The second kappa shape index (κ2) is 6.90. The van der Waals surface area contributed by atoms with E-state index in [0.29, 0.717) is 11.8 Å². The second-order valence-corrected chi connectivity index (χ2v) is 7.44. The molecule has 134 valence electrons. The lowest BCUT2D eigenvalue weighted by atomic mass is 10.00. The fourth-order valence-corrected chi connectivity index (χ4v) is 3.67. The molecule has 5 heteroatoms. The molecule has 5 nitrogen and oxygen atoms in total. The Bertz CT molecular complexity index is 806. The van der Waals surface area contributed by atoms with Crippen molar-refractivity contribution in [3.05, 3.63) is 30.4 Å². The second-order valence-electron chi connectivity index (χ2n) is 7.44. The van der Waals surface area contributed by atoms with Gasteiger partial charge in [-0.25, -0.2) is 4.98 Å². The van der Waals surface area contributed by atoms with E-state index in [1.54, 1.807) is 0 Å². The van der Waals surface area contributed by atoms with Crippen molar-refractivity contribution in [2.24, 2.45) is 13.0 Å². The van der Waals surface area contributed by atoms with Gasteiger partial charge in [0.25, 0.3) is 0 Å². The Balaban J connectivity index is 2.07. The molecule has 1 aromatic carbocycles. The van der Waals surface area contributed by atoms with Gasteiger partial charge in [-0.05, 0) is 48.4 Å². The maximum absolute atomic E-state index is 11.8. The van der Waals surface area contributed by atoms with Crippen molar-refractivity contribution in [2.45, 2.75) is 39.5 Å². The van der Waals surface area contributed by atoms with Gasteiger partial charge in [0, 0.05) is 25.8 Å². The van der Waals surface area contributed by atoms with Crippen molar-refractivity contribution < 1.29 is 4.79 Å². The molecule has 0 radical (unpaired) electrons. The van der Waals surface area contributed by atoms with E-state index in [-0.39, 0.29) is 5.91 Å². The van der Waals surface area contributed by atoms with Gasteiger partial charge in [-0.15, -0.1) is 0 Å². The third-order valence-corrected chi connectivity index (χ3v) is 5.03. The van der Waals surface area contributed by atoms with E-state index in [1.807, 2.05) is 6.07 Å². The molecule has 1 fully saturated rings. The van der Waals surface area contributed by atoms with Gasteiger partial charge in [0.2, 0.25) is 11.9 Å². The Labute approximate surface area is 149 Å². The van der Waals surface area contributed by atoms with E-state index >= 15 is 0 Å². The van der Waals surface area contributed by atoms with Gasteiger partial charge in [-0.2, -0.15) is 0 Å². The van der Waals surface area contributed by atoms with Crippen LogP contribution in [-0.2, 0) is 11.8 Å². The number of nitrogens with zero attached hydrogens (tertiary/aromatic N) is 3. The van der Waals surface area contributed by atoms with Gasteiger partial charge in [0.1, 0.15) is 0 Å². The molecule has 25 heavy (non-hydrogen) atoms. The van der Waals surface area contributed by atoms with Crippen molar-refractivity contribution in [2.75, 3.05) is 23.3 Å². The van der Waals surface area contributed by atoms with E-state index in [1.165, 1.54) is 18.9 Å². The van der Waals surface area contributed by atoms with Gasteiger partial charge in [-0.1, -0.05) is 27.4 Å². The fraction of sp³-hybridized carbons (Fsp3) is 0.500. The van der Waals surface area contributed by atoms with E-state index < -0.39 is 0 Å². The standard InChI is InChI=1S/C20H28N4O/c1-6-19(25)21-16-11-17-18(10-15(16)13(2)3)23(5)20(22-17)24-9-7-8-14(4)12-24/h6,10-11,13-14H,1,7-9,12H2,2-5H3,(H,21,25)/t14-/m1/s1. The molecule has 1 aliphatic rings. The van der Waals surface area contributed by atoms with Crippen LogP contribution >= 0.6 is 0 Å². The summed E-state index contributed by atoms with van der Waals surface area (Å²) in [6.07, 6.45) is 3.80. The first-order chi connectivity index (χ1) is 11.9. The van der Waals surface area contributed by atoms with Crippen LogP contribution in [0.4, 0.5) is 11.6 Å². The first kappa shape index (κ1) is 17.5. The lowest BCUT2D eigenvalue weighted by Crippen LogP contribution is -2.35. The Hall–Kier alpha value is -2.30. The van der Waals surface area contributed by atoms with E-state index in [4.69, 9.17) is 4.98 Å². The van der Waals surface area contributed by atoms with Gasteiger partial charge < -0.3 is 14.8 Å². The molecule has 2 aromatic rings. The number of nitrogens with one attached hydrogen (secondary N) is 1. The number of aromatic nitrogens is 2. The number of piperidine rings is 1. The highest BCUT2D eigenvalue weighted by molar-refractivity contribution is 6.01. The van der Waals surface area contributed by atoms with Crippen LogP contribution in [0.15, 0.2) is 24.8 Å². The summed E-state index contributed by atoms with van der Waals surface area (Å²) in [6, 6.07) is 4.14. The molecule has 0 bridgehead atoms. The van der Waals surface area contributed by atoms with Gasteiger partial charge in [0.15, 0.2) is 0 Å². The Morgan fingerprint density at radius 2 is 2.20 bits per heavy atom. The minimum absolute atomic E-state index is 0.192. The van der Waals surface area contributed by atoms with E-state index in [0.717, 1.165) is 41.3 Å². The summed E-state index contributed by atoms with van der Waals surface area (Å²) >= 11 is 0. The molecule has 2 heterocycles. The Morgan fingerprint density at radius 3 is 2.84 bits per heavy atom. The molecule has 1 amide bonds. The zero-order valence-corrected chi connectivity index (χ0v) is 15.7. The van der Waals surface area contributed by atoms with Crippen molar-refractivity contribution in [1.82, 2.24) is 9.55 Å². The molecule has 0 unspecified atom stereocenters. The van der Waals surface area contributed by atoms with Crippen molar-refractivity contribution in [3.63, 3.8) is 0 Å². The zero-order valence-electron chi connectivity index (χ0n) is 15.7. The van der Waals surface area contributed by atoms with Crippen LogP contribution in [0, 0.1) is 5.92 Å². The highest BCUT2D eigenvalue weighted by Gasteiger charge is 2.22. The van der Waals surface area contributed by atoms with Gasteiger partial charge in [0.05, 0.1) is 11.0 Å². The van der Waals surface area contributed by atoms with Crippen LogP contribution in [0.3, 0.4) is 0 Å². The van der Waals surface area contributed by atoms with Gasteiger partial charge in [-0.3, -0.25) is 4.79 Å². The summed E-state index contributed by atoms with van der Waals surface area (Å²) in [5, 5.41) is 2.93. The SMILES string of the molecule is C=CC(=O)Nc1cc2nc(N3CCC[C@@H](C)C3)n(C)c2cc1C(C)C. The molecular weight excluding hydrogens is 312 g/mol. The molecule has 0 aliphatic carbocycles. The lowest BCUT2D eigenvalue weighted by Gasteiger charge is -2.31. The van der Waals surface area contributed by atoms with Crippen molar-refractivity contribution in [3.8, 4) is 0 Å². The number of amides is 1. The molecule has 1 N–H and O–H groups in total. The number of hydrogen-bond donors (Lipinski definition) is 1. The minimum Gasteiger partial charge on any atom is -0.342 e. The summed E-state index contributed by atoms with van der Waals surface area (Å²) in [4.78, 5) is 19.0. The third kappa shape index (κ3) is 3.41. The van der Waals surface area contributed by atoms with Crippen LogP contribution in [0.25, 0.3) is 11.0 Å². The summed E-state index contributed by atoms with van der Waals surface area (Å²) in [7, 11) is 2.08. The average Bonchev–Trinajstić information content (AvgIpc) is 2.90. The lowest BCUT2D eigenvalue weighted by molar-refractivity contribution is -0.111. The monoisotopic (exact) mass is 340 g/mol. The van der Waals surface area contributed by atoms with Crippen LogP contribution < -0.4 is 10.2 Å². The topological polar surface area (TPSA) is 50.2 Å². The quantitative estimate of drug-likeness (QED) is 0.854. The summed E-state index contributed by atoms with van der Waals surface area (Å²) < 4.78 is 2.18. The van der Waals surface area contributed by atoms with Crippen LogP contribution in [0.1, 0.15) is 45.1 Å². The molecule has 1 aromatic heterocycles. The number of anilines is 2. The Morgan fingerprint density at radius 1 is 1.44 bits per heavy atom. The number of aryl methyl sites for hydroxylation is 1. The number of imidazole rings is 1. The minimum atomic E-state index is -0.192. The molecule has 1 atom stereocenters. The van der Waals surface area contributed by atoms with Crippen molar-refractivity contribution >= 4 is 28.6 Å². The molecule has 1 saturated heterocycles. The largest absolute Gasteiger partial charge is 0.342 e. The number of carbonyl (C=O) groups is 1. The molecular formula is C20H28N4O. The molecule has 0 spiro atoms. The van der Waals surface area contributed by atoms with Crippen LogP contribution in [-0.4, -0.2) is 28.5 Å². The number of hydrogen-bond acceptors (Lipinski definition) is 3. The van der Waals surface area contributed by atoms with Crippen LogP contribution in [0.2, 0.25) is 0 Å². The maximum atomic E-state index is 11.8. The summed E-state index contributed by atoms with van der Waals surface area (Å²) in [6.45, 7) is 12.2. The zero-order chi connectivity index (χ0) is 18.1.